The smallest absolute Gasteiger partial charge is 0.234 e. The largest absolute Gasteiger partial charge is 0.322 e. The van der Waals surface area contributed by atoms with Crippen molar-refractivity contribution < 1.29 is 4.79 Å². The molecule has 3 nitrogen and oxygen atoms in total. The van der Waals surface area contributed by atoms with E-state index < -0.39 is 0 Å². The lowest BCUT2D eigenvalue weighted by atomic mass is 10.2. The summed E-state index contributed by atoms with van der Waals surface area (Å²) in [6, 6.07) is 3.91. The highest BCUT2D eigenvalue weighted by Crippen LogP contribution is 2.38. The maximum absolute atomic E-state index is 11.7. The summed E-state index contributed by atoms with van der Waals surface area (Å²) < 4.78 is 0. The molecule has 4 heteroatoms. The lowest BCUT2D eigenvalue weighted by Crippen LogP contribution is -2.29. The zero-order chi connectivity index (χ0) is 11.5. The van der Waals surface area contributed by atoms with Gasteiger partial charge in [-0.25, -0.2) is 0 Å². The van der Waals surface area contributed by atoms with E-state index in [1.807, 2.05) is 30.2 Å². The number of amides is 1. The highest BCUT2D eigenvalue weighted by Gasteiger charge is 2.32. The first-order valence-electron chi connectivity index (χ1n) is 5.14. The van der Waals surface area contributed by atoms with Crippen LogP contribution in [0.1, 0.15) is 17.9 Å². The van der Waals surface area contributed by atoms with Gasteiger partial charge in [0.15, 0.2) is 0 Å². The van der Waals surface area contributed by atoms with Gasteiger partial charge in [-0.15, -0.1) is 11.8 Å². The summed E-state index contributed by atoms with van der Waals surface area (Å²) in [5.74, 6) is 0.731. The molecule has 1 fully saturated rings. The van der Waals surface area contributed by atoms with Crippen molar-refractivity contribution in [3.05, 3.63) is 42.2 Å². The highest BCUT2D eigenvalue weighted by atomic mass is 32.2. The molecule has 0 aliphatic carbocycles. The van der Waals surface area contributed by atoms with Crippen LogP contribution >= 0.6 is 11.8 Å². The molecule has 0 radical (unpaired) electrons. The monoisotopic (exact) mass is 234 g/mol. The molecule has 1 unspecified atom stereocenters. The van der Waals surface area contributed by atoms with E-state index in [2.05, 4.69) is 11.6 Å². The Morgan fingerprint density at radius 2 is 2.56 bits per heavy atom. The Labute approximate surface area is 99.6 Å². The second-order valence-corrected chi connectivity index (χ2v) is 5.00. The third kappa shape index (κ3) is 2.27. The molecule has 0 aromatic carbocycles. The van der Waals surface area contributed by atoms with Crippen LogP contribution in [0.3, 0.4) is 0 Å². The third-order valence-corrected chi connectivity index (χ3v) is 3.63. The van der Waals surface area contributed by atoms with Crippen molar-refractivity contribution in [1.82, 2.24) is 9.88 Å². The van der Waals surface area contributed by atoms with Gasteiger partial charge in [0.2, 0.25) is 5.91 Å². The van der Waals surface area contributed by atoms with Crippen molar-refractivity contribution in [1.29, 1.82) is 0 Å². The number of rotatable bonds is 3. The number of nitrogens with zero attached hydrogens (tertiary/aromatic N) is 2. The Morgan fingerprint density at radius 1 is 1.75 bits per heavy atom. The summed E-state index contributed by atoms with van der Waals surface area (Å²) in [7, 11) is 0. The Hall–Kier alpha value is -1.29. The summed E-state index contributed by atoms with van der Waals surface area (Å²) in [5, 5.41) is 0.0953. The molecule has 1 saturated heterocycles. The van der Waals surface area contributed by atoms with Crippen molar-refractivity contribution >= 4 is 17.7 Å². The van der Waals surface area contributed by atoms with E-state index >= 15 is 0 Å². The summed E-state index contributed by atoms with van der Waals surface area (Å²) in [6.45, 7) is 6.43. The van der Waals surface area contributed by atoms with E-state index in [1.165, 1.54) is 0 Å². The van der Waals surface area contributed by atoms with Crippen LogP contribution in [0.25, 0.3) is 0 Å². The summed E-state index contributed by atoms with van der Waals surface area (Å²) in [4.78, 5) is 17.7. The quantitative estimate of drug-likeness (QED) is 0.752. The summed E-state index contributed by atoms with van der Waals surface area (Å²) in [6.07, 6.45) is 3.57. The topological polar surface area (TPSA) is 33.2 Å². The molecule has 1 aromatic heterocycles. The molecule has 16 heavy (non-hydrogen) atoms. The highest BCUT2D eigenvalue weighted by molar-refractivity contribution is 8.00. The van der Waals surface area contributed by atoms with Crippen molar-refractivity contribution in [2.45, 2.75) is 12.3 Å². The Balaban J connectivity index is 2.21. The third-order valence-electron chi connectivity index (χ3n) is 2.38. The van der Waals surface area contributed by atoms with Crippen molar-refractivity contribution in [3.8, 4) is 0 Å². The van der Waals surface area contributed by atoms with Gasteiger partial charge in [0, 0.05) is 24.5 Å². The molecule has 1 aliphatic heterocycles. The Kier molecular flexibility index (Phi) is 3.29. The van der Waals surface area contributed by atoms with Crippen molar-refractivity contribution in [3.63, 3.8) is 0 Å². The van der Waals surface area contributed by atoms with Crippen LogP contribution in [0.2, 0.25) is 0 Å². The number of hydrogen-bond acceptors (Lipinski definition) is 3. The SMILES string of the molecule is C=C(C)CN1C(=O)CSC1c1cccnc1. The van der Waals surface area contributed by atoms with Crippen LogP contribution < -0.4 is 0 Å². The Morgan fingerprint density at radius 3 is 3.19 bits per heavy atom. The number of hydrogen-bond donors (Lipinski definition) is 0. The molecule has 2 heterocycles. The fraction of sp³-hybridized carbons (Fsp3) is 0.333. The van der Waals surface area contributed by atoms with Gasteiger partial charge >= 0.3 is 0 Å². The zero-order valence-corrected chi connectivity index (χ0v) is 10.0. The molecule has 1 atom stereocenters. The van der Waals surface area contributed by atoms with E-state index in [1.54, 1.807) is 18.0 Å². The van der Waals surface area contributed by atoms with Gasteiger partial charge in [0.25, 0.3) is 0 Å². The summed E-state index contributed by atoms with van der Waals surface area (Å²) in [5.41, 5.74) is 2.09. The molecule has 0 N–H and O–H groups in total. The van der Waals surface area contributed by atoms with E-state index in [9.17, 15) is 4.79 Å². The predicted molar refractivity (Wildman–Crippen MR) is 66.0 cm³/mol. The van der Waals surface area contributed by atoms with Gasteiger partial charge in [-0.3, -0.25) is 9.78 Å². The maximum Gasteiger partial charge on any atom is 0.234 e. The molecule has 1 aliphatic rings. The van der Waals surface area contributed by atoms with Crippen LogP contribution in [-0.4, -0.2) is 28.1 Å². The lowest BCUT2D eigenvalue weighted by Gasteiger charge is -2.23. The number of pyridine rings is 1. The summed E-state index contributed by atoms with van der Waals surface area (Å²) >= 11 is 1.65. The molecule has 0 spiro atoms. The van der Waals surface area contributed by atoms with Crippen molar-refractivity contribution in [2.75, 3.05) is 12.3 Å². The van der Waals surface area contributed by atoms with E-state index in [0.29, 0.717) is 12.3 Å². The minimum Gasteiger partial charge on any atom is -0.322 e. The first-order valence-corrected chi connectivity index (χ1v) is 6.19. The number of aromatic nitrogens is 1. The van der Waals surface area contributed by atoms with Gasteiger partial charge < -0.3 is 4.90 Å². The minimum atomic E-state index is 0.0953. The standard InChI is InChI=1S/C12H14N2OS/c1-9(2)7-14-11(15)8-16-12(14)10-4-3-5-13-6-10/h3-6,12H,1,7-8H2,2H3. The first-order chi connectivity index (χ1) is 7.68. The molecule has 2 rings (SSSR count). The van der Waals surface area contributed by atoms with Crippen LogP contribution in [0.5, 0.6) is 0 Å². The van der Waals surface area contributed by atoms with Gasteiger partial charge in [-0.05, 0) is 13.0 Å². The van der Waals surface area contributed by atoms with Crippen LogP contribution in [0.15, 0.2) is 36.7 Å². The molecule has 1 amide bonds. The van der Waals surface area contributed by atoms with Crippen LogP contribution in [0, 0.1) is 0 Å². The average molecular weight is 234 g/mol. The first kappa shape index (κ1) is 11.2. The van der Waals surface area contributed by atoms with E-state index in [0.717, 1.165) is 11.1 Å². The van der Waals surface area contributed by atoms with E-state index in [-0.39, 0.29) is 11.3 Å². The Bertz CT molecular complexity index is 405. The van der Waals surface area contributed by atoms with Crippen LogP contribution in [-0.2, 0) is 4.79 Å². The number of carbonyl (C=O) groups excluding carboxylic acids is 1. The van der Waals surface area contributed by atoms with Gasteiger partial charge in [0.1, 0.15) is 5.37 Å². The van der Waals surface area contributed by atoms with Gasteiger partial charge in [0.05, 0.1) is 5.75 Å². The molecule has 0 bridgehead atoms. The molecule has 0 saturated carbocycles. The second-order valence-electron chi connectivity index (χ2n) is 3.93. The van der Waals surface area contributed by atoms with Gasteiger partial charge in [-0.1, -0.05) is 18.2 Å². The number of carbonyl (C=O) groups is 1. The number of thioether (sulfide) groups is 1. The maximum atomic E-state index is 11.7. The predicted octanol–water partition coefficient (Wildman–Crippen LogP) is 2.23. The molecular weight excluding hydrogens is 220 g/mol. The van der Waals surface area contributed by atoms with Gasteiger partial charge in [-0.2, -0.15) is 0 Å². The normalized spacial score (nSPS) is 20.2. The molecule has 84 valence electrons. The molecular formula is C12H14N2OS. The molecule has 1 aromatic rings. The second kappa shape index (κ2) is 4.70. The average Bonchev–Trinajstić information content (AvgIpc) is 2.61. The lowest BCUT2D eigenvalue weighted by molar-refractivity contribution is -0.127. The fourth-order valence-electron chi connectivity index (χ4n) is 1.71. The minimum absolute atomic E-state index is 0.0953. The van der Waals surface area contributed by atoms with Crippen LogP contribution in [0.4, 0.5) is 0 Å². The van der Waals surface area contributed by atoms with Crippen molar-refractivity contribution in [2.24, 2.45) is 0 Å². The zero-order valence-electron chi connectivity index (χ0n) is 9.22. The fourth-order valence-corrected chi connectivity index (χ4v) is 2.88. The van der Waals surface area contributed by atoms with E-state index in [4.69, 9.17) is 0 Å².